The average Bonchev–Trinajstić information content (AvgIpc) is 0.948. The van der Waals surface area contributed by atoms with Crippen LogP contribution >= 0.6 is 0 Å². The summed E-state index contributed by atoms with van der Waals surface area (Å²) >= 11 is 0. The number of rotatable bonds is 0. The van der Waals surface area contributed by atoms with E-state index in [1.165, 1.54) is 38.6 Å². The largest absolute Gasteiger partial charge is 0.358 e. The molecule has 0 aliphatic rings. The summed E-state index contributed by atoms with van der Waals surface area (Å²) in [5, 5.41) is 2.62. The van der Waals surface area contributed by atoms with Gasteiger partial charge in [0, 0.05) is 136 Å². The van der Waals surface area contributed by atoms with Crippen LogP contribution in [0.5, 0.6) is 0 Å². The van der Waals surface area contributed by atoms with E-state index in [2.05, 4.69) is 144 Å². The molecule has 95 heavy (non-hydrogen) atoms. The van der Waals surface area contributed by atoms with Gasteiger partial charge in [-0.05, 0) is 45.4 Å². The second-order valence-electron chi connectivity index (χ2n) is 12.9. The Kier molecular flexibility index (Phi) is 289. The summed E-state index contributed by atoms with van der Waals surface area (Å²) in [5.41, 5.74) is 6.61. The molecule has 0 atom stereocenters. The molecule has 9 rings (SSSR count). The van der Waals surface area contributed by atoms with Gasteiger partial charge in [-0.2, -0.15) is 0 Å². The van der Waals surface area contributed by atoms with Gasteiger partial charge in [-0.25, -0.2) is 0 Å². The molecule has 0 unspecified atom stereocenters. The van der Waals surface area contributed by atoms with Crippen LogP contribution in [0.2, 0.25) is 0 Å². The predicted molar refractivity (Wildman–Crippen MR) is 452 cm³/mol. The van der Waals surface area contributed by atoms with Crippen LogP contribution in [0.3, 0.4) is 0 Å². The molecule has 0 N–H and O–H groups in total. The fourth-order valence-electron chi connectivity index (χ4n) is 4.57. The van der Waals surface area contributed by atoms with E-state index in [1.54, 1.807) is 27.7 Å². The van der Waals surface area contributed by atoms with Crippen molar-refractivity contribution in [2.45, 2.75) is 215 Å². The molecule has 9 aromatic rings. The van der Waals surface area contributed by atoms with Gasteiger partial charge < -0.3 is 59.4 Å². The topological polar surface area (TPSA) is 0 Å². The third kappa shape index (κ3) is 161. The molecule has 0 aromatic heterocycles. The molecule has 0 saturated carbocycles. The number of fused-ring (bicyclic) bond motifs is 1. The summed E-state index contributed by atoms with van der Waals surface area (Å²) in [6.07, 6.45) is 0. The maximum atomic E-state index is 6.21. The van der Waals surface area contributed by atoms with Crippen LogP contribution in [0, 0.1) is 94.0 Å². The van der Waals surface area contributed by atoms with Gasteiger partial charge in [0.15, 0.2) is 0 Å². The van der Waals surface area contributed by atoms with Crippen molar-refractivity contribution < 1.29 is 136 Å². The van der Waals surface area contributed by atoms with Crippen molar-refractivity contribution in [1.82, 2.24) is 0 Å². The summed E-state index contributed by atoms with van der Waals surface area (Å²) in [6.45, 7) is 55.6. The van der Waals surface area contributed by atoms with E-state index < -0.39 is 0 Å². The quantitative estimate of drug-likeness (QED) is 0.133. The molecule has 0 bridgehead atoms. The van der Waals surface area contributed by atoms with Gasteiger partial charge in [-0.1, -0.05) is 481 Å². The van der Waals surface area contributed by atoms with E-state index >= 15 is 0 Å². The summed E-state index contributed by atoms with van der Waals surface area (Å²) in [6, 6.07) is 92.0. The minimum Gasteiger partial charge on any atom is -0.358 e. The number of aryl methyl sites for hydroxylation is 5. The van der Waals surface area contributed by atoms with E-state index in [-0.39, 0.29) is 190 Å². The van der Waals surface area contributed by atoms with E-state index in [0.717, 1.165) is 0 Å². The molecule has 0 aliphatic carbocycles. The van der Waals surface area contributed by atoms with Crippen LogP contribution in [-0.2, 0) is 131 Å². The fraction of sp³-hybridized carbons (Fsp3) is 0.341. The van der Waals surface area contributed by atoms with E-state index in [4.69, 9.17) is 5.48 Å². The molecule has 0 heterocycles. The minimum absolute atomic E-state index is 0. The minimum atomic E-state index is 0. The van der Waals surface area contributed by atoms with Crippen LogP contribution in [0.4, 0.5) is 0 Å². The molecule has 0 saturated heterocycles. The molecular weight excluding hydrogens is 1450 g/mol. The molecule has 0 amide bonds. The van der Waals surface area contributed by atoms with Crippen LogP contribution in [-0.4, -0.2) is 0 Å². The second-order valence-corrected chi connectivity index (χ2v) is 12.9. The zero-order valence-electron chi connectivity index (χ0n) is 73.6. The maximum absolute atomic E-state index is 6.21. The van der Waals surface area contributed by atoms with Crippen molar-refractivity contribution in [3.8, 4) is 0 Å². The molecule has 0 nitrogen and oxygen atoms in total. The van der Waals surface area contributed by atoms with E-state index in [1.807, 2.05) is 288 Å². The molecule has 4 radical (unpaired) electrons. The molecule has 4 heteroatoms. The average molecular weight is 1620 g/mol. The zero-order valence-corrected chi connectivity index (χ0v) is 81.0. The summed E-state index contributed by atoms with van der Waals surface area (Å²) < 4.78 is 24.8. The van der Waals surface area contributed by atoms with Gasteiger partial charge in [-0.3, -0.25) is 0 Å². The Balaban J connectivity index is -0.0000000276. The molecule has 9 aromatic carbocycles. The van der Waals surface area contributed by atoms with Gasteiger partial charge in [0.05, 0.1) is 0 Å². The number of hydrogen-bond acceptors (Lipinski definition) is 0. The normalized spacial score (nSPS) is 6.64. The van der Waals surface area contributed by atoms with Gasteiger partial charge in [-0.15, -0.1) is 0 Å². The standard InChI is InChI=1S/C10H8.5C7H8.2C6H6.13C2H6.8CH3.4Y/c1-2-6-10-8-4-3-7-9(10)5-1;5*1-7-5-3-2-4-6-7;2*1-2-4-6-5-3-1;13*1-2;;;;;;;;;;;;/h1-8H;5*2-6H,1H3;2*1-6H;13*1-2H3;8*1H3;;;;/q;;;;;;;;;;;;;;;;;;;;;8*-1;;;;/i;;;;;;;;4*1D;;;;;;;;;;;;;;;;;;;;;. The Labute approximate surface area is 713 Å². The summed E-state index contributed by atoms with van der Waals surface area (Å²) in [5.74, 6) is 0. The molecule has 0 fully saturated rings. The monoisotopic (exact) mass is 1610 g/mol. The summed E-state index contributed by atoms with van der Waals surface area (Å²) in [7, 11) is 0. The van der Waals surface area contributed by atoms with Gasteiger partial charge in [0.2, 0.25) is 0 Å². The van der Waals surface area contributed by atoms with Gasteiger partial charge in [0.1, 0.15) is 0 Å². The smallest absolute Gasteiger partial charge is 0.0228 e. The first-order valence-electron chi connectivity index (χ1n) is 34.1. The van der Waals surface area contributed by atoms with Gasteiger partial charge >= 0.3 is 0 Å². The van der Waals surface area contributed by atoms with E-state index in [9.17, 15) is 0 Å². The van der Waals surface area contributed by atoms with Crippen LogP contribution in [0.15, 0.2) is 273 Å². The maximum Gasteiger partial charge on any atom is 0.0228 e. The second kappa shape index (κ2) is 186. The van der Waals surface area contributed by atoms with Crippen molar-refractivity contribution in [3.05, 3.63) is 360 Å². The Morgan fingerprint density at radius 3 is 0.274 bits per heavy atom. The van der Waals surface area contributed by atoms with Crippen molar-refractivity contribution in [2.75, 3.05) is 0 Å². The molecule has 546 valence electrons. The van der Waals surface area contributed by atoms with Gasteiger partial charge in [0.25, 0.3) is 0 Å². The van der Waals surface area contributed by atoms with Crippen molar-refractivity contribution in [3.63, 3.8) is 0 Å². The Morgan fingerprint density at radius 1 is 0.147 bits per heavy atom. The van der Waals surface area contributed by atoms with Crippen molar-refractivity contribution in [2.24, 2.45) is 0 Å². The Bertz CT molecular complexity index is 1870. The molecule has 0 spiro atoms. The zero-order chi connectivity index (χ0) is 69.7. The van der Waals surface area contributed by atoms with Crippen molar-refractivity contribution in [1.29, 1.82) is 0 Å². The predicted octanol–water partition coefficient (Wildman–Crippen LogP) is 33.1. The summed E-state index contributed by atoms with van der Waals surface area (Å²) in [4.78, 5) is 0. The van der Waals surface area contributed by atoms with Crippen LogP contribution in [0.25, 0.3) is 10.8 Å². The van der Waals surface area contributed by atoms with E-state index in [0.29, 0.717) is 27.6 Å². The molecule has 0 aliphatic heterocycles. The first kappa shape index (κ1) is 147. The third-order valence-electron chi connectivity index (χ3n) is 7.69. The third-order valence-corrected chi connectivity index (χ3v) is 7.69. The molecular formula is C91H162Y4-8. The fourth-order valence-corrected chi connectivity index (χ4v) is 4.57. The Hall–Kier alpha value is -2.34. The van der Waals surface area contributed by atoms with Crippen LogP contribution in [0.1, 0.15) is 213 Å². The number of hydrogen-bond donors (Lipinski definition) is 0. The first-order chi connectivity index (χ1) is 42.6. The first-order valence-corrected chi connectivity index (χ1v) is 31.3. The SMILES string of the molecule is CC.CC.CC.CC.CC.CC.CC.CC.CC.Cc1ccccc1.Cc1ccccc1.Cc1ccccc1.Cc1ccccc1.Cc1ccccc1.[2H]CC.[2H]CC.[2H]CC.[2H]CC.[CH3-].[CH3-].[CH3-].[CH3-].[CH3-].[CH3-].[CH3-].[CH3-].[Y].[Y].[Y].[Y].c1ccc2ccccc2c1.c1ccccc1.c1ccccc1. The Morgan fingerprint density at radius 2 is 0.211 bits per heavy atom. The van der Waals surface area contributed by atoms with Crippen LogP contribution < -0.4 is 0 Å². The van der Waals surface area contributed by atoms with Crippen molar-refractivity contribution >= 4 is 10.8 Å². The number of benzene rings is 9.